The lowest BCUT2D eigenvalue weighted by Gasteiger charge is -2.22. The predicted molar refractivity (Wildman–Crippen MR) is 111 cm³/mol. The number of rotatable bonds is 5. The van der Waals surface area contributed by atoms with Gasteiger partial charge in [0.25, 0.3) is 5.91 Å². The highest BCUT2D eigenvalue weighted by Gasteiger charge is 2.49. The Labute approximate surface area is 172 Å². The lowest BCUT2D eigenvalue weighted by atomic mass is 9.92. The van der Waals surface area contributed by atoms with Gasteiger partial charge in [-0.05, 0) is 49.1 Å². The molecule has 7 heteroatoms. The van der Waals surface area contributed by atoms with Crippen LogP contribution in [0.15, 0.2) is 46.9 Å². The third-order valence-corrected chi connectivity index (χ3v) is 5.48. The van der Waals surface area contributed by atoms with E-state index < -0.39 is 23.4 Å². The van der Waals surface area contributed by atoms with Gasteiger partial charge in [-0.2, -0.15) is 0 Å². The quantitative estimate of drug-likeness (QED) is 0.690. The molecule has 2 aromatic rings. The normalized spacial score (nSPS) is 18.9. The van der Waals surface area contributed by atoms with Crippen LogP contribution in [0.5, 0.6) is 0 Å². The molecule has 2 aromatic carbocycles. The van der Waals surface area contributed by atoms with Gasteiger partial charge in [0.1, 0.15) is 12.1 Å². The summed E-state index contributed by atoms with van der Waals surface area (Å²) >= 11 is 3.38. The van der Waals surface area contributed by atoms with Crippen LogP contribution in [0.25, 0.3) is 0 Å². The molecule has 0 bridgehead atoms. The zero-order valence-electron chi connectivity index (χ0n) is 16.0. The summed E-state index contributed by atoms with van der Waals surface area (Å²) in [4.78, 5) is 39.0. The molecule has 2 N–H and O–H groups in total. The van der Waals surface area contributed by atoms with Crippen molar-refractivity contribution < 1.29 is 14.4 Å². The van der Waals surface area contributed by atoms with Gasteiger partial charge >= 0.3 is 6.03 Å². The molecule has 0 saturated carbocycles. The number of nitrogens with zero attached hydrogens (tertiary/aromatic N) is 1. The molecule has 3 rings (SSSR count). The minimum absolute atomic E-state index is 0.342. The van der Waals surface area contributed by atoms with E-state index in [2.05, 4.69) is 26.6 Å². The van der Waals surface area contributed by atoms with Crippen LogP contribution in [0.4, 0.5) is 10.5 Å². The molecular weight excluding hydrogens is 422 g/mol. The van der Waals surface area contributed by atoms with E-state index in [-0.39, 0.29) is 6.54 Å². The number of hydrogen-bond donors (Lipinski definition) is 2. The molecule has 1 fully saturated rings. The van der Waals surface area contributed by atoms with Gasteiger partial charge in [-0.15, -0.1) is 0 Å². The van der Waals surface area contributed by atoms with E-state index in [4.69, 9.17) is 0 Å². The van der Waals surface area contributed by atoms with Crippen molar-refractivity contribution in [2.75, 3.05) is 11.9 Å². The molecule has 0 radical (unpaired) electrons. The maximum atomic E-state index is 13.0. The van der Waals surface area contributed by atoms with E-state index in [0.717, 1.165) is 32.6 Å². The smallest absolute Gasteiger partial charge is 0.324 e. The Bertz CT molecular complexity index is 960. The molecule has 4 amide bonds. The van der Waals surface area contributed by atoms with Crippen LogP contribution in [0.3, 0.4) is 0 Å². The number of hydrogen-bond acceptors (Lipinski definition) is 3. The molecule has 1 aliphatic heterocycles. The standard InChI is InChI=1S/C21H22BrN3O3/c1-4-14-8-5-7-13(2)18(14)23-17(26)12-25-19(27)21(3,24-20(25)28)15-9-6-10-16(22)11-15/h5-11H,4,12H2,1-3H3,(H,23,26)(H,24,28). The molecule has 28 heavy (non-hydrogen) atoms. The topological polar surface area (TPSA) is 78.5 Å². The molecule has 1 aliphatic rings. The summed E-state index contributed by atoms with van der Waals surface area (Å²) in [7, 11) is 0. The number of amides is 4. The Balaban J connectivity index is 1.79. The molecule has 0 spiro atoms. The van der Waals surface area contributed by atoms with Crippen molar-refractivity contribution in [3.63, 3.8) is 0 Å². The van der Waals surface area contributed by atoms with Gasteiger partial charge in [-0.1, -0.05) is 53.2 Å². The first-order valence-corrected chi connectivity index (χ1v) is 9.84. The minimum Gasteiger partial charge on any atom is -0.324 e. The summed E-state index contributed by atoms with van der Waals surface area (Å²) in [5.41, 5.74) is 2.11. The molecule has 1 unspecified atom stereocenters. The van der Waals surface area contributed by atoms with Gasteiger partial charge in [-0.3, -0.25) is 14.5 Å². The Hall–Kier alpha value is -2.67. The van der Waals surface area contributed by atoms with Crippen molar-refractivity contribution in [3.05, 3.63) is 63.6 Å². The van der Waals surface area contributed by atoms with E-state index in [1.54, 1.807) is 25.1 Å². The van der Waals surface area contributed by atoms with Crippen molar-refractivity contribution in [2.24, 2.45) is 0 Å². The third-order valence-electron chi connectivity index (χ3n) is 4.98. The Morgan fingerprint density at radius 2 is 1.93 bits per heavy atom. The number of anilines is 1. The van der Waals surface area contributed by atoms with Crippen molar-refractivity contribution >= 4 is 39.5 Å². The molecule has 6 nitrogen and oxygen atoms in total. The van der Waals surface area contributed by atoms with Crippen LogP contribution < -0.4 is 10.6 Å². The van der Waals surface area contributed by atoms with Crippen molar-refractivity contribution in [1.82, 2.24) is 10.2 Å². The van der Waals surface area contributed by atoms with E-state index in [0.29, 0.717) is 5.56 Å². The number of carbonyl (C=O) groups is 3. The first-order chi connectivity index (χ1) is 13.3. The third kappa shape index (κ3) is 3.67. The highest BCUT2D eigenvalue weighted by molar-refractivity contribution is 9.10. The summed E-state index contributed by atoms with van der Waals surface area (Å²) in [5.74, 6) is -0.864. The Morgan fingerprint density at radius 3 is 2.61 bits per heavy atom. The van der Waals surface area contributed by atoms with Crippen LogP contribution in [0, 0.1) is 6.92 Å². The molecule has 0 aliphatic carbocycles. The Kier molecular flexibility index (Phi) is 5.56. The number of imide groups is 1. The second-order valence-electron chi connectivity index (χ2n) is 6.97. The van der Waals surface area contributed by atoms with Crippen LogP contribution in [-0.2, 0) is 21.5 Å². The number of halogens is 1. The minimum atomic E-state index is -1.21. The molecule has 0 aromatic heterocycles. The van der Waals surface area contributed by atoms with Crippen LogP contribution in [-0.4, -0.2) is 29.3 Å². The highest BCUT2D eigenvalue weighted by Crippen LogP contribution is 2.30. The summed E-state index contributed by atoms with van der Waals surface area (Å²) < 4.78 is 0.802. The zero-order chi connectivity index (χ0) is 20.5. The summed E-state index contributed by atoms with van der Waals surface area (Å²) in [6.45, 7) is 5.22. The monoisotopic (exact) mass is 443 g/mol. The van der Waals surface area contributed by atoms with E-state index in [9.17, 15) is 14.4 Å². The van der Waals surface area contributed by atoms with Crippen LogP contribution in [0.2, 0.25) is 0 Å². The SMILES string of the molecule is CCc1cccc(C)c1NC(=O)CN1C(=O)NC(C)(c2cccc(Br)c2)C1=O. The highest BCUT2D eigenvalue weighted by atomic mass is 79.9. The van der Waals surface area contributed by atoms with E-state index in [1.807, 2.05) is 38.1 Å². The Morgan fingerprint density at radius 1 is 1.21 bits per heavy atom. The fourth-order valence-electron chi connectivity index (χ4n) is 3.36. The molecule has 1 saturated heterocycles. The molecule has 146 valence electrons. The number of benzene rings is 2. The number of aryl methyl sites for hydroxylation is 2. The van der Waals surface area contributed by atoms with Gasteiger partial charge in [-0.25, -0.2) is 4.79 Å². The fraction of sp³-hybridized carbons (Fsp3) is 0.286. The lowest BCUT2D eigenvalue weighted by Crippen LogP contribution is -2.42. The van der Waals surface area contributed by atoms with Crippen molar-refractivity contribution in [2.45, 2.75) is 32.7 Å². The molecule has 1 heterocycles. The maximum Gasteiger partial charge on any atom is 0.325 e. The summed E-state index contributed by atoms with van der Waals surface area (Å²) in [6.07, 6.45) is 0.765. The zero-order valence-corrected chi connectivity index (χ0v) is 17.6. The average molecular weight is 444 g/mol. The summed E-state index contributed by atoms with van der Waals surface area (Å²) in [6, 6.07) is 12.4. The number of carbonyl (C=O) groups excluding carboxylic acids is 3. The van der Waals surface area contributed by atoms with Gasteiger partial charge in [0, 0.05) is 10.2 Å². The van der Waals surface area contributed by atoms with Crippen LogP contribution >= 0.6 is 15.9 Å². The summed E-state index contributed by atoms with van der Waals surface area (Å²) in [5, 5.41) is 5.57. The van der Waals surface area contributed by atoms with Gasteiger partial charge in [0.2, 0.25) is 5.91 Å². The van der Waals surface area contributed by atoms with Crippen LogP contribution in [0.1, 0.15) is 30.5 Å². The maximum absolute atomic E-state index is 13.0. The second kappa shape index (κ2) is 7.75. The van der Waals surface area contributed by atoms with Gasteiger partial charge in [0.15, 0.2) is 0 Å². The second-order valence-corrected chi connectivity index (χ2v) is 7.88. The average Bonchev–Trinajstić information content (AvgIpc) is 2.87. The fourth-order valence-corrected chi connectivity index (χ4v) is 3.76. The van der Waals surface area contributed by atoms with Gasteiger partial charge in [0.05, 0.1) is 0 Å². The van der Waals surface area contributed by atoms with E-state index in [1.165, 1.54) is 0 Å². The van der Waals surface area contributed by atoms with Crippen molar-refractivity contribution in [1.29, 1.82) is 0 Å². The number of urea groups is 1. The first-order valence-electron chi connectivity index (χ1n) is 9.04. The molecule has 1 atom stereocenters. The molecular formula is C21H22BrN3O3. The van der Waals surface area contributed by atoms with Crippen molar-refractivity contribution in [3.8, 4) is 0 Å². The largest absolute Gasteiger partial charge is 0.325 e. The lowest BCUT2D eigenvalue weighted by molar-refractivity contribution is -0.133. The number of nitrogens with one attached hydrogen (secondary N) is 2. The van der Waals surface area contributed by atoms with Gasteiger partial charge < -0.3 is 10.6 Å². The first kappa shape index (κ1) is 20.1. The predicted octanol–water partition coefficient (Wildman–Crippen LogP) is 3.73. The van der Waals surface area contributed by atoms with E-state index >= 15 is 0 Å². The number of para-hydroxylation sites is 1.